The van der Waals surface area contributed by atoms with E-state index in [1.165, 1.54) is 14.2 Å². The molecule has 7 heteroatoms. The van der Waals surface area contributed by atoms with E-state index >= 15 is 0 Å². The van der Waals surface area contributed by atoms with Crippen molar-refractivity contribution in [1.29, 1.82) is 0 Å². The Bertz CT molecular complexity index is 962. The number of fused-ring (bicyclic) bond motifs is 2. The molecule has 4 rings (SSSR count). The third-order valence-electron chi connectivity index (χ3n) is 6.31. The molecule has 0 N–H and O–H groups in total. The van der Waals surface area contributed by atoms with Crippen molar-refractivity contribution in [3.05, 3.63) is 59.2 Å². The summed E-state index contributed by atoms with van der Waals surface area (Å²) in [5, 5.41) is 0. The molecule has 1 saturated heterocycles. The number of rotatable bonds is 6. The van der Waals surface area contributed by atoms with Crippen LogP contribution in [0.4, 0.5) is 0 Å². The van der Waals surface area contributed by atoms with E-state index in [4.69, 9.17) is 18.9 Å². The molecular weight excluding hydrogens is 388 g/mol. The number of benzene rings is 1. The lowest BCUT2D eigenvalue weighted by atomic mass is 9.62. The summed E-state index contributed by atoms with van der Waals surface area (Å²) in [6.45, 7) is 3.72. The van der Waals surface area contributed by atoms with Crippen LogP contribution < -0.4 is 0 Å². The molecule has 2 aliphatic heterocycles. The topological polar surface area (TPSA) is 88.1 Å². The fourth-order valence-corrected chi connectivity index (χ4v) is 5.13. The number of carbonyl (C=O) groups excluding carboxylic acids is 3. The molecule has 3 unspecified atom stereocenters. The van der Waals surface area contributed by atoms with Gasteiger partial charge in [-0.3, -0.25) is 0 Å². The van der Waals surface area contributed by atoms with Crippen LogP contribution in [0.5, 0.6) is 0 Å². The van der Waals surface area contributed by atoms with Gasteiger partial charge >= 0.3 is 17.9 Å². The number of hydrogen-bond donors (Lipinski definition) is 0. The third kappa shape index (κ3) is 2.58. The van der Waals surface area contributed by atoms with Crippen molar-refractivity contribution in [2.45, 2.75) is 36.9 Å². The maximum absolute atomic E-state index is 13.3. The summed E-state index contributed by atoms with van der Waals surface area (Å²) in [5.74, 6) is -2.39. The van der Waals surface area contributed by atoms with Gasteiger partial charge < -0.3 is 18.9 Å². The number of carbonyl (C=O) groups is 3. The van der Waals surface area contributed by atoms with Gasteiger partial charge in [0.05, 0.1) is 32.0 Å². The highest BCUT2D eigenvalue weighted by atomic mass is 16.6. The zero-order valence-electron chi connectivity index (χ0n) is 17.1. The molecule has 3 atom stereocenters. The molecule has 0 amide bonds. The molecule has 158 valence electrons. The van der Waals surface area contributed by atoms with Gasteiger partial charge in [0.25, 0.3) is 0 Å². The second-order valence-corrected chi connectivity index (χ2v) is 7.71. The molecule has 1 aromatic carbocycles. The van der Waals surface area contributed by atoms with Gasteiger partial charge in [-0.05, 0) is 36.8 Å². The molecule has 1 aliphatic carbocycles. The third-order valence-corrected chi connectivity index (χ3v) is 6.31. The van der Waals surface area contributed by atoms with Crippen LogP contribution in [0, 0.1) is 5.92 Å². The minimum Gasteiger partial charge on any atom is -0.466 e. The predicted octanol–water partition coefficient (Wildman–Crippen LogP) is 2.38. The molecule has 0 saturated carbocycles. The molecular formula is C23H24O7. The first-order valence-corrected chi connectivity index (χ1v) is 9.94. The molecule has 0 radical (unpaired) electrons. The zero-order chi connectivity index (χ0) is 21.5. The summed E-state index contributed by atoms with van der Waals surface area (Å²) in [6, 6.07) is 7.62. The predicted molar refractivity (Wildman–Crippen MR) is 105 cm³/mol. The van der Waals surface area contributed by atoms with Gasteiger partial charge in [-0.2, -0.15) is 0 Å². The first kappa shape index (κ1) is 20.3. The average molecular weight is 412 g/mol. The van der Waals surface area contributed by atoms with Gasteiger partial charge in [-0.25, -0.2) is 14.4 Å². The van der Waals surface area contributed by atoms with Crippen molar-refractivity contribution < 1.29 is 33.3 Å². The van der Waals surface area contributed by atoms with Crippen molar-refractivity contribution in [1.82, 2.24) is 0 Å². The second-order valence-electron chi connectivity index (χ2n) is 7.71. The Morgan fingerprint density at radius 1 is 1.17 bits per heavy atom. The minimum absolute atomic E-state index is 0.0425. The lowest BCUT2D eigenvalue weighted by Crippen LogP contribution is -2.45. The van der Waals surface area contributed by atoms with Crippen LogP contribution in [0.3, 0.4) is 0 Å². The maximum Gasteiger partial charge on any atom is 0.343 e. The Morgan fingerprint density at radius 3 is 2.57 bits per heavy atom. The first-order chi connectivity index (χ1) is 14.5. The first-order valence-electron chi connectivity index (χ1n) is 9.94. The van der Waals surface area contributed by atoms with Gasteiger partial charge in [0.1, 0.15) is 5.60 Å². The van der Waals surface area contributed by atoms with Crippen molar-refractivity contribution >= 4 is 17.9 Å². The Balaban J connectivity index is 1.95. The number of aryl methyl sites for hydroxylation is 1. The largest absolute Gasteiger partial charge is 0.466 e. The van der Waals surface area contributed by atoms with E-state index in [1.54, 1.807) is 6.08 Å². The highest BCUT2D eigenvalue weighted by Crippen LogP contribution is 2.65. The smallest absolute Gasteiger partial charge is 0.343 e. The number of esters is 3. The fourth-order valence-electron chi connectivity index (χ4n) is 5.13. The van der Waals surface area contributed by atoms with E-state index in [0.29, 0.717) is 12.8 Å². The van der Waals surface area contributed by atoms with Crippen LogP contribution in [0.1, 0.15) is 30.4 Å². The van der Waals surface area contributed by atoms with Gasteiger partial charge in [-0.15, -0.1) is 6.58 Å². The Kier molecular flexibility index (Phi) is 5.02. The quantitative estimate of drug-likeness (QED) is 0.307. The van der Waals surface area contributed by atoms with Crippen LogP contribution in [0.2, 0.25) is 0 Å². The van der Waals surface area contributed by atoms with E-state index in [2.05, 4.69) is 6.58 Å². The van der Waals surface area contributed by atoms with Gasteiger partial charge in [0, 0.05) is 5.92 Å². The van der Waals surface area contributed by atoms with Crippen molar-refractivity contribution in [3.63, 3.8) is 0 Å². The van der Waals surface area contributed by atoms with Crippen LogP contribution in [0.25, 0.3) is 0 Å². The summed E-state index contributed by atoms with van der Waals surface area (Å²) in [4.78, 5) is 39.1. The van der Waals surface area contributed by atoms with E-state index in [9.17, 15) is 14.4 Å². The molecule has 1 aromatic rings. The molecule has 1 fully saturated rings. The lowest BCUT2D eigenvalue weighted by Gasteiger charge is -2.39. The summed E-state index contributed by atoms with van der Waals surface area (Å²) in [7, 11) is 2.45. The molecule has 2 heterocycles. The number of hydrogen-bond acceptors (Lipinski definition) is 7. The van der Waals surface area contributed by atoms with Crippen molar-refractivity contribution in [2.24, 2.45) is 5.92 Å². The van der Waals surface area contributed by atoms with Crippen LogP contribution in [0.15, 0.2) is 48.1 Å². The summed E-state index contributed by atoms with van der Waals surface area (Å²) >= 11 is 0. The maximum atomic E-state index is 13.3. The molecule has 3 aliphatic rings. The van der Waals surface area contributed by atoms with Crippen LogP contribution in [-0.2, 0) is 45.4 Å². The minimum atomic E-state index is -1.71. The second kappa shape index (κ2) is 7.40. The average Bonchev–Trinajstić information content (AvgIpc) is 3.28. The van der Waals surface area contributed by atoms with Crippen molar-refractivity contribution in [2.75, 3.05) is 20.8 Å². The molecule has 0 aromatic heterocycles. The summed E-state index contributed by atoms with van der Waals surface area (Å²) < 4.78 is 21.9. The van der Waals surface area contributed by atoms with Crippen LogP contribution >= 0.6 is 0 Å². The van der Waals surface area contributed by atoms with Crippen molar-refractivity contribution in [3.8, 4) is 0 Å². The Hall–Kier alpha value is -2.93. The number of ether oxygens (including phenoxy) is 4. The highest BCUT2D eigenvalue weighted by molar-refractivity contribution is 6.10. The van der Waals surface area contributed by atoms with Gasteiger partial charge in [0.15, 0.2) is 5.60 Å². The van der Waals surface area contributed by atoms with E-state index in [1.807, 2.05) is 24.3 Å². The van der Waals surface area contributed by atoms with E-state index in [-0.39, 0.29) is 30.1 Å². The molecule has 1 spiro atoms. The standard InChI is InChI=1S/C23H24O7/c1-4-5-12-29-21(26)22-13-15-11-10-14-8-6-7-9-16(14)23(15,30-22)18(20(25)28-3)17(22)19(24)27-2/h4,6-9,15H,1,5,10-13H2,2-3H3. The molecule has 7 nitrogen and oxygen atoms in total. The highest BCUT2D eigenvalue weighted by Gasteiger charge is 2.74. The normalized spacial score (nSPS) is 28.4. The van der Waals surface area contributed by atoms with Gasteiger partial charge in [-0.1, -0.05) is 30.3 Å². The van der Waals surface area contributed by atoms with E-state index in [0.717, 1.165) is 17.5 Å². The SMILES string of the molecule is C=CCCOC(=O)C12CC3CCc4ccccc4C3(O1)C(C(=O)OC)=C2C(=O)OC. The number of methoxy groups -OCH3 is 2. The Morgan fingerprint density at radius 2 is 1.87 bits per heavy atom. The van der Waals surface area contributed by atoms with E-state index < -0.39 is 29.1 Å². The molecule has 2 bridgehead atoms. The fraction of sp³-hybridized carbons (Fsp3) is 0.435. The monoisotopic (exact) mass is 412 g/mol. The Labute approximate surface area is 174 Å². The lowest BCUT2D eigenvalue weighted by molar-refractivity contribution is -0.171. The van der Waals surface area contributed by atoms with Gasteiger partial charge in [0.2, 0.25) is 0 Å². The van der Waals surface area contributed by atoms with Crippen LogP contribution in [-0.4, -0.2) is 44.3 Å². The summed E-state index contributed by atoms with van der Waals surface area (Å²) in [5.41, 5.74) is -1.24. The zero-order valence-corrected chi connectivity index (χ0v) is 17.1. The molecule has 30 heavy (non-hydrogen) atoms. The summed E-state index contributed by atoms with van der Waals surface area (Å²) in [6.07, 6.45) is 3.81.